The molecule has 6 nitrogen and oxygen atoms in total. The molecule has 2 atom stereocenters. The summed E-state index contributed by atoms with van der Waals surface area (Å²) < 4.78 is 0. The van der Waals surface area contributed by atoms with Crippen molar-refractivity contribution in [3.8, 4) is 0 Å². The SMILES string of the molecule is CN=C(NCc1ccc(CN2CCC(O)CC2)cc1)NC1CC2CCCC(C1)N2C. The fourth-order valence-electron chi connectivity index (χ4n) is 5.41. The molecule has 1 aromatic carbocycles. The van der Waals surface area contributed by atoms with E-state index in [0.717, 1.165) is 57.1 Å². The predicted molar refractivity (Wildman–Crippen MR) is 123 cm³/mol. The van der Waals surface area contributed by atoms with E-state index in [9.17, 15) is 5.11 Å². The molecular weight excluding hydrogens is 374 g/mol. The molecule has 3 heterocycles. The summed E-state index contributed by atoms with van der Waals surface area (Å²) in [5, 5.41) is 16.8. The maximum Gasteiger partial charge on any atom is 0.191 e. The fraction of sp³-hybridized carbons (Fsp3) is 0.708. The van der Waals surface area contributed by atoms with Crippen molar-refractivity contribution in [2.75, 3.05) is 27.2 Å². The lowest BCUT2D eigenvalue weighted by Gasteiger charge is -2.47. The Morgan fingerprint density at radius 1 is 1.03 bits per heavy atom. The number of aliphatic hydroxyl groups is 1. The first-order chi connectivity index (χ1) is 14.6. The van der Waals surface area contributed by atoms with Gasteiger partial charge in [0.05, 0.1) is 6.10 Å². The van der Waals surface area contributed by atoms with Gasteiger partial charge in [-0.25, -0.2) is 0 Å². The molecule has 166 valence electrons. The third-order valence-corrected chi connectivity index (χ3v) is 7.35. The molecule has 2 unspecified atom stereocenters. The molecule has 3 fully saturated rings. The highest BCUT2D eigenvalue weighted by atomic mass is 16.3. The van der Waals surface area contributed by atoms with E-state index >= 15 is 0 Å². The fourth-order valence-corrected chi connectivity index (χ4v) is 5.41. The van der Waals surface area contributed by atoms with Gasteiger partial charge >= 0.3 is 0 Å². The van der Waals surface area contributed by atoms with Crippen LogP contribution in [0.15, 0.2) is 29.3 Å². The summed E-state index contributed by atoms with van der Waals surface area (Å²) in [6, 6.07) is 10.9. The van der Waals surface area contributed by atoms with Crippen molar-refractivity contribution in [1.82, 2.24) is 20.4 Å². The summed E-state index contributed by atoms with van der Waals surface area (Å²) in [5.41, 5.74) is 2.62. The van der Waals surface area contributed by atoms with Crippen molar-refractivity contribution in [2.45, 2.75) is 82.3 Å². The van der Waals surface area contributed by atoms with Gasteiger partial charge in [-0.3, -0.25) is 9.89 Å². The Labute approximate surface area is 181 Å². The van der Waals surface area contributed by atoms with Crippen LogP contribution in [0.3, 0.4) is 0 Å². The molecule has 0 aliphatic carbocycles. The molecule has 0 amide bonds. The number of hydrogen-bond acceptors (Lipinski definition) is 4. The van der Waals surface area contributed by atoms with Crippen LogP contribution < -0.4 is 10.6 Å². The van der Waals surface area contributed by atoms with E-state index < -0.39 is 0 Å². The second-order valence-electron chi connectivity index (χ2n) is 9.47. The lowest BCUT2D eigenvalue weighted by molar-refractivity contribution is 0.0526. The van der Waals surface area contributed by atoms with E-state index in [1.807, 2.05) is 7.05 Å². The highest BCUT2D eigenvalue weighted by Gasteiger charge is 2.36. The number of likely N-dealkylation sites (tertiary alicyclic amines) is 1. The number of guanidine groups is 1. The third kappa shape index (κ3) is 5.54. The summed E-state index contributed by atoms with van der Waals surface area (Å²) in [6.07, 6.45) is 8.18. The number of rotatable bonds is 5. The van der Waals surface area contributed by atoms with E-state index in [1.54, 1.807) is 0 Å². The van der Waals surface area contributed by atoms with E-state index in [1.165, 1.54) is 43.2 Å². The van der Waals surface area contributed by atoms with Crippen LogP contribution in [0, 0.1) is 0 Å². The molecule has 2 bridgehead atoms. The maximum atomic E-state index is 9.66. The van der Waals surface area contributed by atoms with Gasteiger partial charge in [-0.15, -0.1) is 0 Å². The van der Waals surface area contributed by atoms with Crippen LogP contribution >= 0.6 is 0 Å². The van der Waals surface area contributed by atoms with Gasteiger partial charge in [0.15, 0.2) is 5.96 Å². The van der Waals surface area contributed by atoms with Gasteiger partial charge in [-0.05, 0) is 56.7 Å². The number of hydrogen-bond donors (Lipinski definition) is 3. The van der Waals surface area contributed by atoms with Gasteiger partial charge in [-0.1, -0.05) is 30.7 Å². The maximum absolute atomic E-state index is 9.66. The van der Waals surface area contributed by atoms with Crippen LogP contribution in [-0.4, -0.2) is 72.3 Å². The zero-order chi connectivity index (χ0) is 20.9. The van der Waals surface area contributed by atoms with Crippen molar-refractivity contribution in [1.29, 1.82) is 0 Å². The lowest BCUT2D eigenvalue weighted by Crippen LogP contribution is -2.56. The Hall–Kier alpha value is -1.63. The number of nitrogens with zero attached hydrogens (tertiary/aromatic N) is 3. The second-order valence-corrected chi connectivity index (χ2v) is 9.47. The van der Waals surface area contributed by atoms with Gasteiger partial charge < -0.3 is 20.6 Å². The number of nitrogens with one attached hydrogen (secondary N) is 2. The van der Waals surface area contributed by atoms with Crippen molar-refractivity contribution >= 4 is 5.96 Å². The summed E-state index contributed by atoms with van der Waals surface area (Å²) >= 11 is 0. The van der Waals surface area contributed by atoms with E-state index in [0.29, 0.717) is 6.04 Å². The molecule has 30 heavy (non-hydrogen) atoms. The summed E-state index contributed by atoms with van der Waals surface area (Å²) in [6.45, 7) is 3.74. The van der Waals surface area contributed by atoms with Crippen molar-refractivity contribution in [3.05, 3.63) is 35.4 Å². The summed E-state index contributed by atoms with van der Waals surface area (Å²) in [4.78, 5) is 9.50. The first-order valence-corrected chi connectivity index (χ1v) is 11.8. The molecule has 3 aliphatic heterocycles. The summed E-state index contributed by atoms with van der Waals surface area (Å²) in [7, 11) is 4.17. The molecule has 3 N–H and O–H groups in total. The average Bonchev–Trinajstić information content (AvgIpc) is 2.74. The number of piperidine rings is 3. The Kier molecular flexibility index (Phi) is 7.28. The third-order valence-electron chi connectivity index (χ3n) is 7.35. The minimum absolute atomic E-state index is 0.105. The number of aliphatic hydroxyl groups excluding tert-OH is 1. The first kappa shape index (κ1) is 21.6. The largest absolute Gasteiger partial charge is 0.393 e. The van der Waals surface area contributed by atoms with Crippen molar-refractivity contribution < 1.29 is 5.11 Å². The molecule has 0 aromatic heterocycles. The molecule has 0 radical (unpaired) electrons. The zero-order valence-corrected chi connectivity index (χ0v) is 18.7. The topological polar surface area (TPSA) is 63.1 Å². The Balaban J connectivity index is 1.23. The Morgan fingerprint density at radius 3 is 2.30 bits per heavy atom. The second kappa shape index (κ2) is 10.1. The van der Waals surface area contributed by atoms with Crippen LogP contribution in [0.2, 0.25) is 0 Å². The molecule has 3 aliphatic rings. The van der Waals surface area contributed by atoms with Gasteiger partial charge in [-0.2, -0.15) is 0 Å². The smallest absolute Gasteiger partial charge is 0.191 e. The Bertz CT molecular complexity index is 684. The molecule has 0 saturated carbocycles. The quantitative estimate of drug-likeness (QED) is 0.511. The Morgan fingerprint density at radius 2 is 1.67 bits per heavy atom. The minimum Gasteiger partial charge on any atom is -0.393 e. The number of benzene rings is 1. The van der Waals surface area contributed by atoms with Crippen molar-refractivity contribution in [3.63, 3.8) is 0 Å². The number of fused-ring (bicyclic) bond motifs is 2. The van der Waals surface area contributed by atoms with Crippen LogP contribution in [0.1, 0.15) is 56.1 Å². The van der Waals surface area contributed by atoms with E-state index in [2.05, 4.69) is 56.7 Å². The highest BCUT2D eigenvalue weighted by Crippen LogP contribution is 2.32. The summed E-state index contributed by atoms with van der Waals surface area (Å²) in [5.74, 6) is 0.915. The molecule has 6 heteroatoms. The highest BCUT2D eigenvalue weighted by molar-refractivity contribution is 5.80. The van der Waals surface area contributed by atoms with Gasteiger partial charge in [0, 0.05) is 51.4 Å². The predicted octanol–water partition coefficient (Wildman–Crippen LogP) is 2.32. The molecule has 4 rings (SSSR count). The average molecular weight is 414 g/mol. The number of aliphatic imine (C=N–C) groups is 1. The van der Waals surface area contributed by atoms with Crippen LogP contribution in [0.4, 0.5) is 0 Å². The molecule has 1 aromatic rings. The molecule has 0 spiro atoms. The van der Waals surface area contributed by atoms with Crippen molar-refractivity contribution in [2.24, 2.45) is 4.99 Å². The van der Waals surface area contributed by atoms with Crippen LogP contribution in [0.25, 0.3) is 0 Å². The first-order valence-electron chi connectivity index (χ1n) is 11.8. The standard InChI is InChI=1S/C24H39N5O/c1-25-24(27-20-14-21-4-3-5-22(15-20)28(21)2)26-16-18-6-8-19(9-7-18)17-29-12-10-23(30)11-13-29/h6-9,20-23,30H,3-5,10-17H2,1-2H3,(H2,25,26,27). The molecule has 3 saturated heterocycles. The normalized spacial score (nSPS) is 29.0. The van der Waals surface area contributed by atoms with Crippen LogP contribution in [0.5, 0.6) is 0 Å². The van der Waals surface area contributed by atoms with Gasteiger partial charge in [0.25, 0.3) is 0 Å². The van der Waals surface area contributed by atoms with E-state index in [-0.39, 0.29) is 6.10 Å². The van der Waals surface area contributed by atoms with Gasteiger partial charge in [0.2, 0.25) is 0 Å². The lowest BCUT2D eigenvalue weighted by atomic mass is 9.82. The minimum atomic E-state index is -0.105. The van der Waals surface area contributed by atoms with Gasteiger partial charge in [0.1, 0.15) is 0 Å². The monoisotopic (exact) mass is 413 g/mol. The van der Waals surface area contributed by atoms with E-state index in [4.69, 9.17) is 0 Å². The molecular formula is C24H39N5O. The zero-order valence-electron chi connectivity index (χ0n) is 18.7. The van der Waals surface area contributed by atoms with Crippen LogP contribution in [-0.2, 0) is 13.1 Å².